The molecule has 0 saturated heterocycles. The molecule has 0 fully saturated rings. The van der Waals surface area contributed by atoms with Crippen LogP contribution in [0.2, 0.25) is 0 Å². The molecule has 19 heteroatoms. The van der Waals surface area contributed by atoms with E-state index in [-0.39, 0.29) is 23.2 Å². The van der Waals surface area contributed by atoms with Gasteiger partial charge in [-0.15, -0.1) is 16.4 Å². The zero-order chi connectivity index (χ0) is 36.1. The van der Waals surface area contributed by atoms with Gasteiger partial charge in [0.05, 0.1) is 23.0 Å². The van der Waals surface area contributed by atoms with Crippen molar-refractivity contribution in [2.45, 2.75) is 55.5 Å². The van der Waals surface area contributed by atoms with Crippen LogP contribution in [-0.4, -0.2) is 82.1 Å². The summed E-state index contributed by atoms with van der Waals surface area (Å²) >= 11 is 2.29. The fourth-order valence-electron chi connectivity index (χ4n) is 4.39. The second-order valence-corrected chi connectivity index (χ2v) is 14.7. The number of benzene rings is 2. The van der Waals surface area contributed by atoms with Gasteiger partial charge in [-0.2, -0.15) is 16.9 Å². The molecule has 0 aliphatic carbocycles. The van der Waals surface area contributed by atoms with E-state index in [2.05, 4.69) is 39.4 Å². The van der Waals surface area contributed by atoms with Crippen molar-refractivity contribution in [3.63, 3.8) is 0 Å². The summed E-state index contributed by atoms with van der Waals surface area (Å²) in [7, 11) is -3.91. The first-order chi connectivity index (χ1) is 23.9. The van der Waals surface area contributed by atoms with Crippen LogP contribution in [0.25, 0.3) is 10.2 Å². The van der Waals surface area contributed by atoms with Gasteiger partial charge in [0, 0.05) is 30.1 Å². The minimum Gasteiger partial charge on any atom is -0.492 e. The molecule has 1 atom stereocenters. The van der Waals surface area contributed by atoms with Gasteiger partial charge < -0.3 is 25.6 Å². The Labute approximate surface area is 297 Å². The first-order valence-electron chi connectivity index (χ1n) is 15.4. The van der Waals surface area contributed by atoms with Crippen LogP contribution in [0.5, 0.6) is 11.5 Å². The maximum Gasteiger partial charge on any atom is 0.327 e. The van der Waals surface area contributed by atoms with Crippen LogP contribution < -0.4 is 25.7 Å². The summed E-state index contributed by atoms with van der Waals surface area (Å²) in [5.41, 5.74) is 8.60. The van der Waals surface area contributed by atoms with Crippen molar-refractivity contribution in [1.82, 2.24) is 30.3 Å². The average molecular weight is 746 g/mol. The number of unbranched alkanes of at least 4 members (excludes halogenated alkanes) is 1. The van der Waals surface area contributed by atoms with Crippen molar-refractivity contribution in [2.24, 2.45) is 16.0 Å². The SMILES string of the molecule is C=NN(/C=C(\N)CCCC)CCOc1cccc(CSC[C@@H](NC(=O)Cn2cc(COc3ccc4nc(S(N)(=O)=O)sc4c3)nn2)C(=O)O)c1. The molecule has 6 N–H and O–H groups in total. The minimum absolute atomic E-state index is 0.0185. The van der Waals surface area contributed by atoms with Gasteiger partial charge in [-0.25, -0.2) is 28.0 Å². The summed E-state index contributed by atoms with van der Waals surface area (Å²) in [6.45, 7) is 6.29. The molecule has 0 bridgehead atoms. The molecule has 16 nitrogen and oxygen atoms in total. The van der Waals surface area contributed by atoms with Crippen LogP contribution in [0.4, 0.5) is 0 Å². The molecule has 0 spiro atoms. The normalized spacial score (nSPS) is 12.4. The summed E-state index contributed by atoms with van der Waals surface area (Å²) in [6.07, 6.45) is 6.12. The van der Waals surface area contributed by atoms with Gasteiger partial charge >= 0.3 is 5.97 Å². The number of nitrogens with two attached hydrogens (primary N) is 2. The minimum atomic E-state index is -3.91. The standard InChI is InChI=1S/C31H39N9O7S3/c1-3-4-7-22(32)15-39(34-2)11-12-46-24-8-5-6-21(13-24)19-48-20-27(30(42)43)35-29(41)17-40-16-23(37-38-40)18-47-25-9-10-26-28(14-25)49-31(36-26)50(33,44)45/h5-6,8-10,13-16,27H,2-4,7,11-12,17-20,32H2,1H3,(H,35,41)(H,42,43)(H2,33,44,45)/b22-15-/t27-/m1/s1. The Bertz CT molecular complexity index is 1910. The summed E-state index contributed by atoms with van der Waals surface area (Å²) in [5, 5.41) is 30.9. The first-order valence-corrected chi connectivity index (χ1v) is 18.9. The average Bonchev–Trinajstić information content (AvgIpc) is 3.72. The molecule has 0 radical (unpaired) electrons. The number of thioether (sulfide) groups is 1. The Morgan fingerprint density at radius 2 is 2.04 bits per heavy atom. The van der Waals surface area contributed by atoms with E-state index in [1.807, 2.05) is 24.3 Å². The number of sulfonamides is 1. The lowest BCUT2D eigenvalue weighted by Gasteiger charge is -2.16. The molecule has 0 unspecified atom stereocenters. The second kappa shape index (κ2) is 18.3. The number of nitrogens with zero attached hydrogens (tertiary/aromatic N) is 6. The van der Waals surface area contributed by atoms with Crippen LogP contribution in [0.15, 0.2) is 70.0 Å². The van der Waals surface area contributed by atoms with E-state index in [1.54, 1.807) is 29.4 Å². The fraction of sp³-hybridized carbons (Fsp3) is 0.355. The van der Waals surface area contributed by atoms with Gasteiger partial charge in [-0.05, 0) is 48.7 Å². The van der Waals surface area contributed by atoms with E-state index < -0.39 is 27.9 Å². The van der Waals surface area contributed by atoms with Crippen LogP contribution >= 0.6 is 23.1 Å². The number of aromatic nitrogens is 4. The number of rotatable bonds is 21. The number of carbonyl (C=O) groups is 2. The number of carboxylic acid groups (broad SMARTS) is 1. The number of aliphatic carboxylic acids is 1. The number of carboxylic acids is 1. The Kier molecular flexibility index (Phi) is 14.0. The number of nitrogens with one attached hydrogen (secondary N) is 1. The van der Waals surface area contributed by atoms with Crippen LogP contribution in [0.3, 0.4) is 0 Å². The van der Waals surface area contributed by atoms with E-state index in [4.69, 9.17) is 20.3 Å². The van der Waals surface area contributed by atoms with Gasteiger partial charge in [0.2, 0.25) is 10.2 Å². The highest BCUT2D eigenvalue weighted by Gasteiger charge is 2.21. The number of hydrogen-bond donors (Lipinski definition) is 4. The van der Waals surface area contributed by atoms with Crippen molar-refractivity contribution >= 4 is 61.9 Å². The number of thiazole rings is 1. The Morgan fingerprint density at radius 3 is 2.78 bits per heavy atom. The second-order valence-electron chi connectivity index (χ2n) is 10.9. The summed E-state index contributed by atoms with van der Waals surface area (Å²) in [6, 6.07) is 11.2. The number of amides is 1. The van der Waals surface area contributed by atoms with Crippen LogP contribution in [-0.2, 0) is 38.5 Å². The smallest absolute Gasteiger partial charge is 0.327 e. The molecule has 0 aliphatic rings. The Morgan fingerprint density at radius 1 is 1.24 bits per heavy atom. The van der Waals surface area contributed by atoms with Gasteiger partial charge in [0.1, 0.15) is 43.0 Å². The first kappa shape index (κ1) is 38.1. The topological polar surface area (TPSA) is 230 Å². The zero-order valence-corrected chi connectivity index (χ0v) is 29.8. The monoisotopic (exact) mass is 745 g/mol. The van der Waals surface area contributed by atoms with Crippen molar-refractivity contribution in [1.29, 1.82) is 0 Å². The third-order valence-corrected chi connectivity index (χ3v) is 10.3. The number of hydrazone groups is 1. The molecule has 268 valence electrons. The molecule has 2 aromatic carbocycles. The molecule has 1 amide bonds. The van der Waals surface area contributed by atoms with Gasteiger partial charge in [-0.3, -0.25) is 9.80 Å². The molecule has 0 saturated carbocycles. The van der Waals surface area contributed by atoms with Crippen molar-refractivity contribution in [3.05, 3.63) is 71.8 Å². The maximum absolute atomic E-state index is 12.7. The van der Waals surface area contributed by atoms with Crippen LogP contribution in [0.1, 0.15) is 37.4 Å². The number of primary sulfonamides is 1. The summed E-state index contributed by atoms with van der Waals surface area (Å²) < 4.78 is 36.4. The van der Waals surface area contributed by atoms with Crippen molar-refractivity contribution < 1.29 is 32.6 Å². The third-order valence-electron chi connectivity index (χ3n) is 6.85. The summed E-state index contributed by atoms with van der Waals surface area (Å²) in [5.74, 6) is 0.0441. The third kappa shape index (κ3) is 12.0. The Balaban J connectivity index is 1.20. The van der Waals surface area contributed by atoms with Gasteiger partial charge in [0.25, 0.3) is 10.0 Å². The highest BCUT2D eigenvalue weighted by molar-refractivity contribution is 7.98. The quantitative estimate of drug-likeness (QED) is 0.0711. The van der Waals surface area contributed by atoms with Crippen LogP contribution in [0, 0.1) is 0 Å². The van der Waals surface area contributed by atoms with E-state index >= 15 is 0 Å². The number of allylic oxidation sites excluding steroid dienone is 1. The number of ether oxygens (including phenoxy) is 2. The van der Waals surface area contributed by atoms with Gasteiger partial charge in [0.15, 0.2) is 0 Å². The largest absolute Gasteiger partial charge is 0.492 e. The molecule has 4 rings (SSSR count). The zero-order valence-electron chi connectivity index (χ0n) is 27.3. The number of carbonyl (C=O) groups excluding carboxylic acids is 1. The predicted octanol–water partition coefficient (Wildman–Crippen LogP) is 2.90. The van der Waals surface area contributed by atoms with E-state index in [0.717, 1.165) is 41.9 Å². The molecular weight excluding hydrogens is 707 g/mol. The molecule has 4 aromatic rings. The summed E-state index contributed by atoms with van der Waals surface area (Å²) in [4.78, 5) is 28.6. The lowest BCUT2D eigenvalue weighted by atomic mass is 10.2. The highest BCUT2D eigenvalue weighted by atomic mass is 32.2. The fourth-order valence-corrected chi connectivity index (χ4v) is 7.07. The van der Waals surface area contributed by atoms with Crippen molar-refractivity contribution in [2.75, 3.05) is 18.9 Å². The Hall–Kier alpha value is -4.72. The van der Waals surface area contributed by atoms with Gasteiger partial charge in [-0.1, -0.05) is 30.7 Å². The van der Waals surface area contributed by atoms with E-state index in [1.165, 1.54) is 22.6 Å². The van der Waals surface area contributed by atoms with E-state index in [0.29, 0.717) is 46.3 Å². The lowest BCUT2D eigenvalue weighted by molar-refractivity contribution is -0.141. The predicted molar refractivity (Wildman–Crippen MR) is 191 cm³/mol. The van der Waals surface area contributed by atoms with Crippen molar-refractivity contribution in [3.8, 4) is 11.5 Å². The molecular formula is C31H39N9O7S3. The number of fused-ring (bicyclic) bond motifs is 1. The molecule has 2 aromatic heterocycles. The molecule has 2 heterocycles. The highest BCUT2D eigenvalue weighted by Crippen LogP contribution is 2.28. The maximum atomic E-state index is 12.7. The molecule has 0 aliphatic heterocycles. The lowest BCUT2D eigenvalue weighted by Crippen LogP contribution is -2.44. The van der Waals surface area contributed by atoms with E-state index in [9.17, 15) is 23.1 Å². The number of hydrogen-bond acceptors (Lipinski definition) is 14. The molecule has 50 heavy (non-hydrogen) atoms.